The molecule has 2 N–H and O–H groups in total. The van der Waals surface area contributed by atoms with Gasteiger partial charge in [0.15, 0.2) is 11.5 Å². The van der Waals surface area contributed by atoms with Crippen molar-refractivity contribution in [2.45, 2.75) is 31.1 Å². The van der Waals surface area contributed by atoms with Crippen molar-refractivity contribution >= 4 is 62.5 Å². The fraction of sp³-hybridized carbons (Fsp3) is 0.250. The van der Waals surface area contributed by atoms with E-state index in [0.29, 0.717) is 27.5 Å². The second kappa shape index (κ2) is 12.9. The Kier molecular flexibility index (Phi) is 8.46. The van der Waals surface area contributed by atoms with E-state index >= 15 is 4.79 Å². The van der Waals surface area contributed by atoms with Crippen molar-refractivity contribution in [3.63, 3.8) is 0 Å². The van der Waals surface area contributed by atoms with Gasteiger partial charge >= 0.3 is 0 Å². The minimum atomic E-state index is -1.55. The predicted octanol–water partition coefficient (Wildman–Crippen LogP) is 7.54. The third-order valence-corrected chi connectivity index (χ3v) is 11.7. The number of rotatable bonds is 7. The maximum atomic E-state index is 15.3. The number of ether oxygens (including phenoxy) is 1. The SMILES string of the molecule is CCOc1cc(C2C3=CCC4C(=O)N(c5ccc(Br)cc5)C(=O)C4C3CC3C(=O)N(Nc4ccc(F)cc4)C(=O)C32c2ccc(Cl)cc2)ccc1O. The summed E-state index contributed by atoms with van der Waals surface area (Å²) in [5.74, 6) is -5.98. The first kappa shape index (κ1) is 34.1. The molecule has 2 heterocycles. The van der Waals surface area contributed by atoms with Crippen molar-refractivity contribution in [2.24, 2.45) is 23.7 Å². The lowest BCUT2D eigenvalue weighted by molar-refractivity contribution is -0.138. The van der Waals surface area contributed by atoms with Crippen LogP contribution in [0, 0.1) is 29.5 Å². The largest absolute Gasteiger partial charge is 0.504 e. The predicted molar refractivity (Wildman–Crippen MR) is 195 cm³/mol. The summed E-state index contributed by atoms with van der Waals surface area (Å²) in [6, 6.07) is 24.0. The van der Waals surface area contributed by atoms with Crippen LogP contribution in [0.15, 0.2) is 107 Å². The number of hydrogen-bond donors (Lipinski definition) is 2. The number of anilines is 2. The molecule has 2 aliphatic heterocycles. The number of aromatic hydroxyl groups is 1. The summed E-state index contributed by atoms with van der Waals surface area (Å²) in [7, 11) is 0. The van der Waals surface area contributed by atoms with E-state index in [4.69, 9.17) is 16.3 Å². The number of phenols is 1. The highest BCUT2D eigenvalue weighted by Gasteiger charge is 2.70. The van der Waals surface area contributed by atoms with Crippen molar-refractivity contribution in [2.75, 3.05) is 16.9 Å². The molecule has 4 amide bonds. The summed E-state index contributed by atoms with van der Waals surface area (Å²) >= 11 is 9.79. The van der Waals surface area contributed by atoms with Crippen molar-refractivity contribution in [3.05, 3.63) is 129 Å². The third-order valence-electron chi connectivity index (χ3n) is 11.0. The minimum Gasteiger partial charge on any atom is -0.504 e. The van der Waals surface area contributed by atoms with Crippen molar-refractivity contribution < 1.29 is 33.4 Å². The first-order chi connectivity index (χ1) is 25.0. The summed E-state index contributed by atoms with van der Waals surface area (Å²) in [5.41, 5.74) is 4.04. The van der Waals surface area contributed by atoms with E-state index in [2.05, 4.69) is 21.4 Å². The van der Waals surface area contributed by atoms with Gasteiger partial charge in [0.2, 0.25) is 11.8 Å². The molecule has 4 aliphatic rings. The molecule has 52 heavy (non-hydrogen) atoms. The summed E-state index contributed by atoms with van der Waals surface area (Å²) in [6.07, 6.45) is 2.31. The van der Waals surface area contributed by atoms with Gasteiger partial charge < -0.3 is 9.84 Å². The number of allylic oxidation sites excluding steroid dienone is 2. The van der Waals surface area contributed by atoms with Crippen LogP contribution in [0.3, 0.4) is 0 Å². The fourth-order valence-corrected chi connectivity index (χ4v) is 9.25. The first-order valence-corrected chi connectivity index (χ1v) is 18.2. The van der Waals surface area contributed by atoms with E-state index in [-0.39, 0.29) is 42.8 Å². The van der Waals surface area contributed by atoms with Gasteiger partial charge in [-0.25, -0.2) is 4.39 Å². The molecule has 1 saturated carbocycles. The highest BCUT2D eigenvalue weighted by atomic mass is 79.9. The lowest BCUT2D eigenvalue weighted by atomic mass is 9.49. The van der Waals surface area contributed by atoms with Crippen LogP contribution in [0.1, 0.15) is 36.8 Å². The number of fused-ring (bicyclic) bond motifs is 4. The number of carbonyl (C=O) groups is 4. The number of halogens is 3. The number of nitrogens with one attached hydrogen (secondary N) is 1. The standard InChI is InChI=1S/C40H32BrClFN3O6/c1-2-52-33-19-21(3-18-32(33)47)35-28-16-17-29-34(38(50)45(36(29)48)27-14-6-23(41)7-15-27)30(28)20-31-37(49)46(44-26-12-10-25(43)11-13-26)39(51)40(31,35)22-4-8-24(42)9-5-22/h3-16,18-19,29-31,34-35,44,47H,2,17,20H2,1H3. The van der Waals surface area contributed by atoms with Gasteiger partial charge in [0.25, 0.3) is 11.8 Å². The Labute approximate surface area is 312 Å². The maximum absolute atomic E-state index is 15.3. The molecule has 4 aromatic rings. The Morgan fingerprint density at radius 1 is 0.923 bits per heavy atom. The average molecular weight is 785 g/mol. The molecular formula is C40H32BrClFN3O6. The van der Waals surface area contributed by atoms with Crippen LogP contribution in [-0.2, 0) is 24.6 Å². The molecule has 0 bridgehead atoms. The molecule has 9 nitrogen and oxygen atoms in total. The summed E-state index contributed by atoms with van der Waals surface area (Å²) in [6.45, 7) is 2.05. The lowest BCUT2D eigenvalue weighted by Crippen LogP contribution is -2.53. The van der Waals surface area contributed by atoms with E-state index in [0.717, 1.165) is 15.1 Å². The third kappa shape index (κ3) is 5.16. The normalized spacial score (nSPS) is 26.5. The highest BCUT2D eigenvalue weighted by molar-refractivity contribution is 9.10. The van der Waals surface area contributed by atoms with Crippen LogP contribution >= 0.6 is 27.5 Å². The summed E-state index contributed by atoms with van der Waals surface area (Å²) in [5, 5.41) is 12.2. The topological polar surface area (TPSA) is 116 Å². The minimum absolute atomic E-state index is 0.0946. The van der Waals surface area contributed by atoms with Crippen molar-refractivity contribution in [3.8, 4) is 11.5 Å². The highest BCUT2D eigenvalue weighted by Crippen LogP contribution is 2.64. The van der Waals surface area contributed by atoms with Crippen molar-refractivity contribution in [1.82, 2.24) is 5.01 Å². The molecular weight excluding hydrogens is 753 g/mol. The fourth-order valence-electron chi connectivity index (χ4n) is 8.86. The van der Waals surface area contributed by atoms with Crippen LogP contribution in [0.25, 0.3) is 0 Å². The van der Waals surface area contributed by atoms with Crippen molar-refractivity contribution in [1.29, 1.82) is 0 Å². The molecule has 264 valence electrons. The molecule has 0 radical (unpaired) electrons. The molecule has 0 spiro atoms. The number of hydrazine groups is 1. The maximum Gasteiger partial charge on any atom is 0.260 e. The van der Waals surface area contributed by atoms with Gasteiger partial charge in [0, 0.05) is 15.4 Å². The van der Waals surface area contributed by atoms with Crippen LogP contribution < -0.4 is 15.1 Å². The van der Waals surface area contributed by atoms with Gasteiger partial charge in [0.05, 0.1) is 41.2 Å². The summed E-state index contributed by atoms with van der Waals surface area (Å²) < 4.78 is 20.5. The average Bonchev–Trinajstić information content (AvgIpc) is 3.51. The molecule has 2 aliphatic carbocycles. The zero-order valence-corrected chi connectivity index (χ0v) is 30.1. The van der Waals surface area contributed by atoms with Gasteiger partial charge in [-0.1, -0.05) is 57.4 Å². The monoisotopic (exact) mass is 783 g/mol. The van der Waals surface area contributed by atoms with Gasteiger partial charge in [-0.05, 0) is 110 Å². The quantitative estimate of drug-likeness (QED) is 0.147. The zero-order chi connectivity index (χ0) is 36.5. The molecule has 6 unspecified atom stereocenters. The Bertz CT molecular complexity index is 2160. The number of benzene rings is 4. The molecule has 6 atom stereocenters. The second-order valence-corrected chi connectivity index (χ2v) is 14.9. The molecule has 8 rings (SSSR count). The number of amides is 4. The van der Waals surface area contributed by atoms with E-state index in [9.17, 15) is 23.9 Å². The second-order valence-electron chi connectivity index (χ2n) is 13.5. The van der Waals surface area contributed by atoms with Crippen LogP contribution in [0.2, 0.25) is 5.02 Å². The van der Waals surface area contributed by atoms with Crippen LogP contribution in [-0.4, -0.2) is 40.4 Å². The van der Waals surface area contributed by atoms with Gasteiger partial charge in [0.1, 0.15) is 5.82 Å². The lowest BCUT2D eigenvalue weighted by Gasteiger charge is -2.50. The number of imide groups is 2. The Morgan fingerprint density at radius 3 is 2.33 bits per heavy atom. The summed E-state index contributed by atoms with van der Waals surface area (Å²) in [4.78, 5) is 59.8. The number of nitrogens with zero attached hydrogens (tertiary/aromatic N) is 2. The molecule has 12 heteroatoms. The van der Waals surface area contributed by atoms with E-state index in [1.807, 2.05) is 6.08 Å². The first-order valence-electron chi connectivity index (χ1n) is 17.0. The zero-order valence-electron chi connectivity index (χ0n) is 27.8. The molecule has 0 aromatic heterocycles. The van der Waals surface area contributed by atoms with E-state index in [1.165, 1.54) is 35.2 Å². The Morgan fingerprint density at radius 2 is 1.63 bits per heavy atom. The van der Waals surface area contributed by atoms with Gasteiger partial charge in [-0.2, -0.15) is 5.01 Å². The molecule has 4 aromatic carbocycles. The molecule has 3 fully saturated rings. The number of phenolic OH excluding ortho intramolecular Hbond substituents is 1. The number of carbonyl (C=O) groups excluding carboxylic acids is 4. The Hall–Kier alpha value is -5.00. The van der Waals surface area contributed by atoms with E-state index < -0.39 is 52.6 Å². The van der Waals surface area contributed by atoms with E-state index in [1.54, 1.807) is 67.6 Å². The van der Waals surface area contributed by atoms with Crippen LogP contribution in [0.4, 0.5) is 15.8 Å². The molecule has 2 saturated heterocycles. The van der Waals surface area contributed by atoms with Gasteiger partial charge in [-0.15, -0.1) is 0 Å². The van der Waals surface area contributed by atoms with Gasteiger partial charge in [-0.3, -0.25) is 29.5 Å². The van der Waals surface area contributed by atoms with Crippen LogP contribution in [0.5, 0.6) is 11.5 Å². The number of hydrogen-bond acceptors (Lipinski definition) is 7. The smallest absolute Gasteiger partial charge is 0.260 e. The Balaban J connectivity index is 1.33.